The lowest BCUT2D eigenvalue weighted by Gasteiger charge is -2.14. The van der Waals surface area contributed by atoms with E-state index in [9.17, 15) is 4.79 Å². The first-order valence-corrected chi connectivity index (χ1v) is 9.30. The maximum absolute atomic E-state index is 12.4. The Morgan fingerprint density at radius 1 is 1.12 bits per heavy atom. The lowest BCUT2D eigenvalue weighted by molar-refractivity contribution is 0.0952. The van der Waals surface area contributed by atoms with Gasteiger partial charge in [-0.2, -0.15) is 0 Å². The van der Waals surface area contributed by atoms with Crippen molar-refractivity contribution in [1.82, 2.24) is 5.32 Å². The van der Waals surface area contributed by atoms with Gasteiger partial charge in [-0.15, -0.1) is 0 Å². The minimum atomic E-state index is -0.0901. The number of nitrogens with one attached hydrogen (secondary N) is 1. The van der Waals surface area contributed by atoms with Crippen LogP contribution in [0.1, 0.15) is 43.1 Å². The van der Waals surface area contributed by atoms with E-state index in [4.69, 9.17) is 21.1 Å². The van der Waals surface area contributed by atoms with Crippen LogP contribution in [0.5, 0.6) is 11.5 Å². The molecule has 0 atom stereocenters. The summed E-state index contributed by atoms with van der Waals surface area (Å²) < 4.78 is 11.5. The van der Waals surface area contributed by atoms with Crippen LogP contribution in [0.2, 0.25) is 5.02 Å². The van der Waals surface area contributed by atoms with Gasteiger partial charge in [0.15, 0.2) is 0 Å². The summed E-state index contributed by atoms with van der Waals surface area (Å²) in [7, 11) is 0. The second-order valence-electron chi connectivity index (χ2n) is 6.41. The minimum absolute atomic E-state index is 0.0901. The Kier molecular flexibility index (Phi) is 7.79. The number of hydrogen-bond acceptors (Lipinski definition) is 3. The Hall–Kier alpha value is -2.20. The van der Waals surface area contributed by atoms with Crippen LogP contribution < -0.4 is 14.8 Å². The maximum Gasteiger partial charge on any atom is 0.251 e. The molecule has 2 aromatic rings. The quantitative estimate of drug-likeness (QED) is 0.663. The average molecular weight is 376 g/mol. The van der Waals surface area contributed by atoms with E-state index in [1.54, 1.807) is 12.1 Å². The van der Waals surface area contributed by atoms with Crippen LogP contribution in [0, 0.1) is 5.92 Å². The van der Waals surface area contributed by atoms with Crippen molar-refractivity contribution in [3.05, 3.63) is 58.6 Å². The van der Waals surface area contributed by atoms with Crippen LogP contribution in [0.3, 0.4) is 0 Å². The normalized spacial score (nSPS) is 10.7. The highest BCUT2D eigenvalue weighted by Gasteiger charge is 2.12. The Morgan fingerprint density at radius 2 is 1.88 bits per heavy atom. The molecule has 0 aliphatic carbocycles. The molecule has 0 heterocycles. The number of carbonyl (C=O) groups excluding carboxylic acids is 1. The summed E-state index contributed by atoms with van der Waals surface area (Å²) in [5, 5.41) is 3.50. The summed E-state index contributed by atoms with van der Waals surface area (Å²) in [5.41, 5.74) is 1.40. The van der Waals surface area contributed by atoms with Crippen molar-refractivity contribution < 1.29 is 14.3 Å². The Labute approximate surface area is 160 Å². The zero-order chi connectivity index (χ0) is 18.9. The molecule has 0 spiro atoms. The second-order valence-corrected chi connectivity index (χ2v) is 6.82. The third kappa shape index (κ3) is 5.95. The van der Waals surface area contributed by atoms with Crippen molar-refractivity contribution in [1.29, 1.82) is 0 Å². The SMILES string of the molecule is CCOc1ccc(C(=O)NCCC(C)C)cc1COc1ccccc1Cl. The molecular formula is C21H26ClNO3. The predicted molar refractivity (Wildman–Crippen MR) is 105 cm³/mol. The zero-order valence-electron chi connectivity index (χ0n) is 15.5. The van der Waals surface area contributed by atoms with E-state index in [0.717, 1.165) is 12.0 Å². The van der Waals surface area contributed by atoms with Crippen molar-refractivity contribution in [2.75, 3.05) is 13.2 Å². The standard InChI is InChI=1S/C21H26ClNO3/c1-4-25-19-10-9-16(21(24)23-12-11-15(2)3)13-17(19)14-26-20-8-6-5-7-18(20)22/h5-10,13,15H,4,11-12,14H2,1-3H3,(H,23,24). The highest BCUT2D eigenvalue weighted by atomic mass is 35.5. The molecular weight excluding hydrogens is 350 g/mol. The first-order valence-electron chi connectivity index (χ1n) is 8.92. The molecule has 1 N–H and O–H groups in total. The van der Waals surface area contributed by atoms with Gasteiger partial charge in [0.2, 0.25) is 0 Å². The van der Waals surface area contributed by atoms with E-state index in [-0.39, 0.29) is 12.5 Å². The number of benzene rings is 2. The monoisotopic (exact) mass is 375 g/mol. The topological polar surface area (TPSA) is 47.6 Å². The number of para-hydroxylation sites is 1. The molecule has 0 radical (unpaired) electrons. The van der Waals surface area contributed by atoms with Crippen molar-refractivity contribution in [2.24, 2.45) is 5.92 Å². The zero-order valence-corrected chi connectivity index (χ0v) is 16.3. The highest BCUT2D eigenvalue weighted by molar-refractivity contribution is 6.32. The predicted octanol–water partition coefficient (Wildman–Crippen LogP) is 5.09. The molecule has 26 heavy (non-hydrogen) atoms. The summed E-state index contributed by atoms with van der Waals surface area (Å²) in [6.07, 6.45) is 0.950. The van der Waals surface area contributed by atoms with Crippen LogP contribution in [-0.4, -0.2) is 19.1 Å². The molecule has 2 aromatic carbocycles. The molecule has 0 bridgehead atoms. The molecule has 0 aromatic heterocycles. The molecule has 0 aliphatic rings. The van der Waals surface area contributed by atoms with E-state index in [1.807, 2.05) is 37.3 Å². The lowest BCUT2D eigenvalue weighted by atomic mass is 10.1. The van der Waals surface area contributed by atoms with Gasteiger partial charge < -0.3 is 14.8 Å². The molecule has 5 heteroatoms. The molecule has 0 saturated heterocycles. The summed E-state index contributed by atoms with van der Waals surface area (Å²) in [5.74, 6) is 1.77. The first-order chi connectivity index (χ1) is 12.5. The van der Waals surface area contributed by atoms with E-state index in [2.05, 4.69) is 19.2 Å². The number of carbonyl (C=O) groups is 1. The molecule has 140 valence electrons. The molecule has 2 rings (SSSR count). The lowest BCUT2D eigenvalue weighted by Crippen LogP contribution is -2.25. The third-order valence-electron chi connectivity index (χ3n) is 3.85. The first kappa shape index (κ1) is 20.1. The van der Waals surface area contributed by atoms with Crippen molar-refractivity contribution in [3.8, 4) is 11.5 Å². The van der Waals surface area contributed by atoms with Gasteiger partial charge >= 0.3 is 0 Å². The van der Waals surface area contributed by atoms with Crippen LogP contribution in [0.15, 0.2) is 42.5 Å². The van der Waals surface area contributed by atoms with Gasteiger partial charge in [-0.05, 0) is 49.6 Å². The van der Waals surface area contributed by atoms with Gasteiger partial charge in [0, 0.05) is 17.7 Å². The Balaban J connectivity index is 2.11. The number of hydrogen-bond donors (Lipinski definition) is 1. The molecule has 0 unspecified atom stereocenters. The van der Waals surface area contributed by atoms with E-state index in [0.29, 0.717) is 41.2 Å². The molecule has 4 nitrogen and oxygen atoms in total. The van der Waals surface area contributed by atoms with E-state index in [1.165, 1.54) is 0 Å². The maximum atomic E-state index is 12.4. The van der Waals surface area contributed by atoms with Crippen molar-refractivity contribution in [2.45, 2.75) is 33.8 Å². The number of rotatable bonds is 9. The third-order valence-corrected chi connectivity index (χ3v) is 4.16. The summed E-state index contributed by atoms with van der Waals surface area (Å²) in [6.45, 7) is 7.66. The van der Waals surface area contributed by atoms with Crippen molar-refractivity contribution in [3.63, 3.8) is 0 Å². The summed E-state index contributed by atoms with van der Waals surface area (Å²) in [4.78, 5) is 12.4. The number of amides is 1. The molecule has 0 saturated carbocycles. The van der Waals surface area contributed by atoms with Gasteiger partial charge in [-0.1, -0.05) is 37.6 Å². The minimum Gasteiger partial charge on any atom is -0.493 e. The van der Waals surface area contributed by atoms with Crippen LogP contribution in [-0.2, 0) is 6.61 Å². The van der Waals surface area contributed by atoms with E-state index >= 15 is 0 Å². The summed E-state index contributed by atoms with van der Waals surface area (Å²) in [6, 6.07) is 12.7. The van der Waals surface area contributed by atoms with Gasteiger partial charge in [0.05, 0.1) is 11.6 Å². The fourth-order valence-electron chi connectivity index (χ4n) is 2.42. The van der Waals surface area contributed by atoms with Gasteiger partial charge in [0.1, 0.15) is 18.1 Å². The molecule has 0 fully saturated rings. The van der Waals surface area contributed by atoms with Gasteiger partial charge in [-0.25, -0.2) is 0 Å². The number of ether oxygens (including phenoxy) is 2. The van der Waals surface area contributed by atoms with Crippen molar-refractivity contribution >= 4 is 17.5 Å². The van der Waals surface area contributed by atoms with Crippen LogP contribution in [0.4, 0.5) is 0 Å². The largest absolute Gasteiger partial charge is 0.493 e. The van der Waals surface area contributed by atoms with Gasteiger partial charge in [0.25, 0.3) is 5.91 Å². The molecule has 0 aliphatic heterocycles. The molecule has 1 amide bonds. The Morgan fingerprint density at radius 3 is 2.58 bits per heavy atom. The average Bonchev–Trinajstić information content (AvgIpc) is 2.61. The van der Waals surface area contributed by atoms with Crippen LogP contribution in [0.25, 0.3) is 0 Å². The number of halogens is 1. The smallest absolute Gasteiger partial charge is 0.251 e. The fraction of sp³-hybridized carbons (Fsp3) is 0.381. The Bertz CT molecular complexity index is 731. The van der Waals surface area contributed by atoms with E-state index < -0.39 is 0 Å². The van der Waals surface area contributed by atoms with Crippen LogP contribution >= 0.6 is 11.6 Å². The fourth-order valence-corrected chi connectivity index (χ4v) is 2.61. The summed E-state index contributed by atoms with van der Waals surface area (Å²) >= 11 is 6.14. The second kappa shape index (κ2) is 10.1. The van der Waals surface area contributed by atoms with Gasteiger partial charge in [-0.3, -0.25) is 4.79 Å². The highest BCUT2D eigenvalue weighted by Crippen LogP contribution is 2.27.